The number of hydrogen-bond acceptors (Lipinski definition) is 10. The number of alkyl halides is 1. The van der Waals surface area contributed by atoms with E-state index < -0.39 is 81.3 Å². The highest BCUT2D eigenvalue weighted by Crippen LogP contribution is 2.71. The topological polar surface area (TPSA) is 186 Å². The Morgan fingerprint density at radius 3 is 2.07 bits per heavy atom. The molecule has 294 valence electrons. The molecule has 10 nitrogen and oxygen atoms in total. The summed E-state index contributed by atoms with van der Waals surface area (Å²) >= 11 is 0. The molecule has 0 radical (unpaired) electrons. The number of hydrogen-bond donors (Lipinski definition) is 5. The molecule has 0 saturated heterocycles. The number of Topliss-reactive ketones (excluding diaryl/α,β-unsaturated/α-hetero) is 3. The Hall–Kier alpha value is -2.96. The minimum atomic E-state index is -1.98. The molecule has 0 aliphatic heterocycles. The number of carbonyl (C=O) groups is 5. The van der Waals surface area contributed by atoms with E-state index in [2.05, 4.69) is 0 Å². The van der Waals surface area contributed by atoms with E-state index in [4.69, 9.17) is 0 Å². The van der Waals surface area contributed by atoms with Crippen LogP contribution in [0.25, 0.3) is 0 Å². The molecule has 6 saturated carbocycles. The molecule has 0 aromatic rings. The van der Waals surface area contributed by atoms with Crippen molar-refractivity contribution in [2.75, 3.05) is 13.2 Å². The number of aliphatic hydroxyl groups is 5. The smallest absolute Gasteiger partial charge is 0.190 e. The van der Waals surface area contributed by atoms with Gasteiger partial charge in [0.05, 0.1) is 6.10 Å². The molecular formula is C43H55FO10. The lowest BCUT2D eigenvalue weighted by Gasteiger charge is -2.62. The van der Waals surface area contributed by atoms with Crippen molar-refractivity contribution in [3.63, 3.8) is 0 Å². The second-order valence-electron chi connectivity index (χ2n) is 18.8. The number of halogens is 1. The summed E-state index contributed by atoms with van der Waals surface area (Å²) in [5.41, 5.74) is -7.03. The van der Waals surface area contributed by atoms with Crippen LogP contribution in [0.4, 0.5) is 4.39 Å². The van der Waals surface area contributed by atoms with Crippen LogP contribution in [0, 0.1) is 57.2 Å². The lowest BCUT2D eigenvalue weighted by molar-refractivity contribution is -0.219. The maximum Gasteiger partial charge on any atom is 0.190 e. The van der Waals surface area contributed by atoms with E-state index in [0.29, 0.717) is 37.7 Å². The van der Waals surface area contributed by atoms with Crippen LogP contribution in [0.1, 0.15) is 92.4 Å². The van der Waals surface area contributed by atoms with Gasteiger partial charge in [-0.2, -0.15) is 0 Å². The molecular weight excluding hydrogens is 695 g/mol. The Kier molecular flexibility index (Phi) is 9.11. The third-order valence-electron chi connectivity index (χ3n) is 16.8. The predicted octanol–water partition coefficient (Wildman–Crippen LogP) is 3.66. The van der Waals surface area contributed by atoms with Crippen molar-refractivity contribution < 1.29 is 53.9 Å². The number of fused-ring (bicyclic) bond motifs is 10. The van der Waals surface area contributed by atoms with Gasteiger partial charge in [0, 0.05) is 39.9 Å². The molecule has 0 aromatic heterocycles. The summed E-state index contributed by atoms with van der Waals surface area (Å²) in [4.78, 5) is 61.8. The highest BCUT2D eigenvalue weighted by Gasteiger charge is 2.75. The van der Waals surface area contributed by atoms with Gasteiger partial charge in [-0.1, -0.05) is 51.0 Å². The summed E-state index contributed by atoms with van der Waals surface area (Å²) in [7, 11) is 0. The average molecular weight is 751 g/mol. The summed E-state index contributed by atoms with van der Waals surface area (Å²) in [6.45, 7) is 7.67. The fraction of sp³-hybridized carbons (Fsp3) is 0.698. The standard InChI is InChI=1S/C22H29FO5.C21H26O5/c1-12-8-16-15-5-4-13-9-14(25)6-7-19(13,2)21(15,23)17(26)10-20(16,3)22(12,28)18(27)11-24;1-19-7-5-13(23)9-12(19)3-4-14-15-6-8-21(26,17(25)11-22)20(15,2)10-16(24)18(14)19/h6-7,9,12,15-17,24,26,28H,4-5,8,10-11H2,1-3H3;5,7,9,14-15,18,22,26H,3-4,6,8,10-11H2,1-2H3/t12-,15-,16-,17-,19-,20-,21-,22-;14-,15-,18+,19-,20-,21-/m00/s1. The average Bonchev–Trinajstić information content (AvgIpc) is 3.51. The minimum absolute atomic E-state index is 0.0206. The summed E-state index contributed by atoms with van der Waals surface area (Å²) in [6.07, 6.45) is 12.3. The SMILES string of the molecule is C[C@H]1C[C@H]2[C@@H]3CCC4=CC(=O)C=C[C@]4(C)[C@@]3(F)[C@@H](O)C[C@]2(C)[C@@]1(O)C(=O)CO.C[C@]12C=CC(=O)C=C1CC[C@@H]1[C@@H]2C(=O)C[C@@]2(C)[C@H]1CC[C@]2(O)C(=O)CO. The fourth-order valence-corrected chi connectivity index (χ4v) is 13.9. The number of rotatable bonds is 4. The van der Waals surface area contributed by atoms with Crippen LogP contribution in [0.3, 0.4) is 0 Å². The highest BCUT2D eigenvalue weighted by atomic mass is 19.1. The fourth-order valence-electron chi connectivity index (χ4n) is 13.9. The lowest BCUT2D eigenvalue weighted by atomic mass is 9.44. The molecule has 0 spiro atoms. The van der Waals surface area contributed by atoms with Gasteiger partial charge >= 0.3 is 0 Å². The number of carbonyl (C=O) groups excluding carboxylic acids is 5. The van der Waals surface area contributed by atoms with Crippen molar-refractivity contribution in [2.24, 2.45) is 57.2 Å². The van der Waals surface area contributed by atoms with Crippen molar-refractivity contribution >= 4 is 28.9 Å². The van der Waals surface area contributed by atoms with Gasteiger partial charge in [-0.25, -0.2) is 4.39 Å². The minimum Gasteiger partial charge on any atom is -0.390 e. The van der Waals surface area contributed by atoms with Crippen LogP contribution in [0.2, 0.25) is 0 Å². The van der Waals surface area contributed by atoms with Crippen molar-refractivity contribution in [3.05, 3.63) is 47.6 Å². The van der Waals surface area contributed by atoms with Crippen LogP contribution in [-0.2, 0) is 24.0 Å². The zero-order valence-corrected chi connectivity index (χ0v) is 31.9. The Bertz CT molecular complexity index is 1830. The Morgan fingerprint density at radius 1 is 0.815 bits per heavy atom. The van der Waals surface area contributed by atoms with Gasteiger partial charge in [0.1, 0.15) is 30.2 Å². The zero-order valence-electron chi connectivity index (χ0n) is 31.9. The third kappa shape index (κ3) is 4.77. The number of aliphatic hydroxyl groups excluding tert-OH is 3. The normalized spacial score (nSPS) is 49.9. The molecule has 8 rings (SSSR count). The highest BCUT2D eigenvalue weighted by molar-refractivity contribution is 6.02. The van der Waals surface area contributed by atoms with Gasteiger partial charge in [-0.15, -0.1) is 0 Å². The molecule has 14 atom stereocenters. The molecule has 0 amide bonds. The van der Waals surface area contributed by atoms with Gasteiger partial charge in [-0.05, 0) is 106 Å². The first-order valence-corrected chi connectivity index (χ1v) is 19.6. The molecule has 6 fully saturated rings. The molecule has 0 aromatic carbocycles. The van der Waals surface area contributed by atoms with E-state index in [1.165, 1.54) is 12.2 Å². The molecule has 0 heterocycles. The van der Waals surface area contributed by atoms with Crippen molar-refractivity contribution in [1.29, 1.82) is 0 Å². The summed E-state index contributed by atoms with van der Waals surface area (Å²) in [5.74, 6) is -2.71. The van der Waals surface area contributed by atoms with Crippen molar-refractivity contribution in [2.45, 2.75) is 115 Å². The first-order chi connectivity index (χ1) is 25.1. The van der Waals surface area contributed by atoms with E-state index >= 15 is 4.39 Å². The molecule has 0 bridgehead atoms. The first kappa shape index (κ1) is 39.3. The van der Waals surface area contributed by atoms with E-state index in [0.717, 1.165) is 18.4 Å². The van der Waals surface area contributed by atoms with E-state index in [1.54, 1.807) is 39.0 Å². The molecule has 8 aliphatic rings. The monoisotopic (exact) mass is 750 g/mol. The third-order valence-corrected chi connectivity index (χ3v) is 16.8. The maximum atomic E-state index is 16.9. The van der Waals surface area contributed by atoms with Gasteiger partial charge in [0.15, 0.2) is 28.8 Å². The largest absolute Gasteiger partial charge is 0.390 e. The lowest BCUT2D eigenvalue weighted by Crippen LogP contribution is -2.69. The van der Waals surface area contributed by atoms with Crippen LogP contribution in [0.15, 0.2) is 47.6 Å². The van der Waals surface area contributed by atoms with Gasteiger partial charge in [-0.3, -0.25) is 24.0 Å². The van der Waals surface area contributed by atoms with Gasteiger partial charge < -0.3 is 25.5 Å². The Morgan fingerprint density at radius 2 is 1.43 bits per heavy atom. The van der Waals surface area contributed by atoms with E-state index in [1.807, 2.05) is 19.9 Å². The van der Waals surface area contributed by atoms with Crippen molar-refractivity contribution in [3.8, 4) is 0 Å². The quantitative estimate of drug-likeness (QED) is 0.284. The van der Waals surface area contributed by atoms with Crippen LogP contribution < -0.4 is 0 Å². The molecule has 5 N–H and O–H groups in total. The Balaban J connectivity index is 0.000000167. The molecule has 8 aliphatic carbocycles. The molecule has 0 unspecified atom stereocenters. The number of ketones is 5. The first-order valence-electron chi connectivity index (χ1n) is 19.6. The van der Waals surface area contributed by atoms with Gasteiger partial charge in [0.25, 0.3) is 0 Å². The summed E-state index contributed by atoms with van der Waals surface area (Å²) in [6, 6.07) is 0. The van der Waals surface area contributed by atoms with Gasteiger partial charge in [0.2, 0.25) is 0 Å². The van der Waals surface area contributed by atoms with Crippen LogP contribution >= 0.6 is 0 Å². The molecule has 11 heteroatoms. The summed E-state index contributed by atoms with van der Waals surface area (Å²) < 4.78 is 16.9. The van der Waals surface area contributed by atoms with Crippen molar-refractivity contribution in [1.82, 2.24) is 0 Å². The second kappa shape index (κ2) is 12.5. The Labute approximate surface area is 315 Å². The number of allylic oxidation sites excluding steroid dienone is 8. The van der Waals surface area contributed by atoms with Crippen LogP contribution in [-0.4, -0.2) is 90.6 Å². The maximum absolute atomic E-state index is 16.9. The van der Waals surface area contributed by atoms with E-state index in [9.17, 15) is 49.5 Å². The summed E-state index contributed by atoms with van der Waals surface area (Å²) in [5, 5.41) is 52.4. The molecule has 54 heavy (non-hydrogen) atoms. The van der Waals surface area contributed by atoms with E-state index in [-0.39, 0.29) is 53.9 Å². The predicted molar refractivity (Wildman–Crippen MR) is 194 cm³/mol. The van der Waals surface area contributed by atoms with Crippen LogP contribution in [0.5, 0.6) is 0 Å². The zero-order chi connectivity index (χ0) is 39.6. The second-order valence-corrected chi connectivity index (χ2v) is 18.8.